The molecule has 0 saturated heterocycles. The van der Waals surface area contributed by atoms with Gasteiger partial charge in [0.2, 0.25) is 16.0 Å². The monoisotopic (exact) mass is 572 g/mol. The number of methoxy groups -OCH3 is 2. The van der Waals surface area contributed by atoms with Crippen LogP contribution in [0.1, 0.15) is 49.7 Å². The Kier molecular flexibility index (Phi) is 7.45. The van der Waals surface area contributed by atoms with Gasteiger partial charge in [-0.3, -0.25) is 14.4 Å². The highest BCUT2D eigenvalue weighted by molar-refractivity contribution is 7.93. The van der Waals surface area contributed by atoms with Crippen LogP contribution in [0.2, 0.25) is 5.02 Å². The molecule has 0 fully saturated rings. The van der Waals surface area contributed by atoms with Crippen molar-refractivity contribution in [2.24, 2.45) is 0 Å². The van der Waals surface area contributed by atoms with E-state index in [1.807, 2.05) is 0 Å². The Morgan fingerprint density at radius 3 is 2.38 bits per heavy atom. The number of sulfonamides is 1. The summed E-state index contributed by atoms with van der Waals surface area (Å²) in [6.07, 6.45) is 6.68. The molecule has 1 aromatic carbocycles. The maximum absolute atomic E-state index is 13.6. The second-order valence-corrected chi connectivity index (χ2v) is 11.8. The topological polar surface area (TPSA) is 150 Å². The van der Waals surface area contributed by atoms with E-state index < -0.39 is 21.2 Å². The Morgan fingerprint density at radius 1 is 1.05 bits per heavy atom. The molecule has 14 heteroatoms. The zero-order valence-corrected chi connectivity index (χ0v) is 23.5. The van der Waals surface area contributed by atoms with Crippen LogP contribution < -0.4 is 14.2 Å². The van der Waals surface area contributed by atoms with E-state index in [0.717, 1.165) is 36.9 Å². The first-order valence-corrected chi connectivity index (χ1v) is 14.4. The molecular formula is C25H29ClN8O4S. The fourth-order valence-corrected chi connectivity index (χ4v) is 6.02. The van der Waals surface area contributed by atoms with Gasteiger partial charge < -0.3 is 9.47 Å². The lowest BCUT2D eigenvalue weighted by atomic mass is 9.96. The van der Waals surface area contributed by atoms with Gasteiger partial charge >= 0.3 is 0 Å². The summed E-state index contributed by atoms with van der Waals surface area (Å²) < 4.78 is 42.8. The van der Waals surface area contributed by atoms with Gasteiger partial charge in [0.1, 0.15) is 28.7 Å². The fraction of sp³-hybridized carbons (Fsp3) is 0.400. The fourth-order valence-electron chi connectivity index (χ4n) is 4.69. The summed E-state index contributed by atoms with van der Waals surface area (Å²) in [6, 6.07) is 5.28. The molecule has 3 aromatic heterocycles. The highest BCUT2D eigenvalue weighted by atomic mass is 35.5. The third-order valence-corrected chi connectivity index (χ3v) is 9.08. The number of fused-ring (bicyclic) bond motifs is 1. The van der Waals surface area contributed by atoms with Crippen molar-refractivity contribution in [2.45, 2.75) is 50.7 Å². The molecule has 0 radical (unpaired) electrons. The molecule has 5 rings (SSSR count). The van der Waals surface area contributed by atoms with E-state index in [2.05, 4.69) is 35.1 Å². The number of anilines is 1. The number of H-pyrrole nitrogens is 1. The molecule has 2 atom stereocenters. The molecule has 12 nitrogen and oxygen atoms in total. The second-order valence-electron chi connectivity index (χ2n) is 9.33. The van der Waals surface area contributed by atoms with Crippen molar-refractivity contribution in [2.75, 3.05) is 18.9 Å². The molecule has 0 spiro atoms. The van der Waals surface area contributed by atoms with Crippen molar-refractivity contribution in [3.05, 3.63) is 52.7 Å². The van der Waals surface area contributed by atoms with Crippen molar-refractivity contribution in [1.82, 2.24) is 34.9 Å². The molecule has 39 heavy (non-hydrogen) atoms. The number of benzene rings is 1. The second kappa shape index (κ2) is 10.8. The predicted molar refractivity (Wildman–Crippen MR) is 146 cm³/mol. The lowest BCUT2D eigenvalue weighted by molar-refractivity contribution is 0.391. The summed E-state index contributed by atoms with van der Waals surface area (Å²) in [5.41, 5.74) is 3.13. The predicted octanol–water partition coefficient (Wildman–Crippen LogP) is 3.93. The number of ether oxygens (including phenoxy) is 2. The molecule has 3 heterocycles. The summed E-state index contributed by atoms with van der Waals surface area (Å²) in [5.74, 6) is 1.02. The number of aromatic nitrogens is 7. The SMILES string of the molecule is COc1cccc(OC)c1-n1c(NS(=O)(=O)C(C)C(C)c2ncc(Cl)cn2)nnc1-c1n[nH]c2c1CCCC2. The number of aryl methyl sites for hydroxylation is 1. The van der Waals surface area contributed by atoms with Gasteiger partial charge in [0.25, 0.3) is 0 Å². The third-order valence-electron chi connectivity index (χ3n) is 7.03. The smallest absolute Gasteiger partial charge is 0.243 e. The van der Waals surface area contributed by atoms with Crippen molar-refractivity contribution < 1.29 is 17.9 Å². The number of halogens is 1. The van der Waals surface area contributed by atoms with E-state index in [1.165, 1.54) is 26.6 Å². The average Bonchev–Trinajstić information content (AvgIpc) is 3.55. The van der Waals surface area contributed by atoms with E-state index >= 15 is 0 Å². The zero-order valence-electron chi connectivity index (χ0n) is 22.0. The third kappa shape index (κ3) is 5.03. The van der Waals surface area contributed by atoms with Gasteiger partial charge in [-0.25, -0.2) is 18.4 Å². The van der Waals surface area contributed by atoms with Crippen LogP contribution >= 0.6 is 11.6 Å². The van der Waals surface area contributed by atoms with Crippen LogP contribution in [0.25, 0.3) is 17.2 Å². The maximum atomic E-state index is 13.6. The molecule has 1 aliphatic carbocycles. The number of rotatable bonds is 9. The number of hydrogen-bond acceptors (Lipinski definition) is 9. The van der Waals surface area contributed by atoms with Gasteiger partial charge in [0.15, 0.2) is 5.82 Å². The minimum atomic E-state index is -4.01. The number of aromatic amines is 1. The van der Waals surface area contributed by atoms with E-state index in [0.29, 0.717) is 39.6 Å². The van der Waals surface area contributed by atoms with E-state index in [9.17, 15) is 8.42 Å². The van der Waals surface area contributed by atoms with E-state index in [4.69, 9.17) is 21.1 Å². The molecule has 0 saturated carbocycles. The quantitative estimate of drug-likeness (QED) is 0.304. The Labute approximate surface area is 231 Å². The van der Waals surface area contributed by atoms with Gasteiger partial charge in [-0.1, -0.05) is 24.6 Å². The zero-order chi connectivity index (χ0) is 27.7. The van der Waals surface area contributed by atoms with Crippen molar-refractivity contribution in [3.8, 4) is 28.7 Å². The Hall–Kier alpha value is -3.71. The summed E-state index contributed by atoms with van der Waals surface area (Å²) in [6.45, 7) is 3.32. The molecule has 1 aliphatic rings. The summed E-state index contributed by atoms with van der Waals surface area (Å²) in [7, 11) is -0.957. The highest BCUT2D eigenvalue weighted by Crippen LogP contribution is 2.39. The average molecular weight is 573 g/mol. The summed E-state index contributed by atoms with van der Waals surface area (Å²) in [4.78, 5) is 8.39. The first-order valence-electron chi connectivity index (χ1n) is 12.5. The number of hydrogen-bond donors (Lipinski definition) is 2. The number of nitrogens with zero attached hydrogens (tertiary/aromatic N) is 6. The Morgan fingerprint density at radius 2 is 1.72 bits per heavy atom. The van der Waals surface area contributed by atoms with Crippen LogP contribution in [-0.4, -0.2) is 62.8 Å². The first kappa shape index (κ1) is 26.9. The molecule has 0 amide bonds. The van der Waals surface area contributed by atoms with Crippen LogP contribution in [0.4, 0.5) is 5.95 Å². The lowest BCUT2D eigenvalue weighted by Gasteiger charge is -2.21. The van der Waals surface area contributed by atoms with Crippen molar-refractivity contribution in [3.63, 3.8) is 0 Å². The van der Waals surface area contributed by atoms with Crippen LogP contribution in [0.15, 0.2) is 30.6 Å². The van der Waals surface area contributed by atoms with Gasteiger partial charge in [0, 0.05) is 29.6 Å². The summed E-state index contributed by atoms with van der Waals surface area (Å²) in [5, 5.41) is 15.8. The Balaban J connectivity index is 1.62. The van der Waals surface area contributed by atoms with Gasteiger partial charge in [-0.2, -0.15) is 5.10 Å². The van der Waals surface area contributed by atoms with Crippen LogP contribution in [-0.2, 0) is 22.9 Å². The maximum Gasteiger partial charge on any atom is 0.243 e. The van der Waals surface area contributed by atoms with Gasteiger partial charge in [0.05, 0.1) is 24.5 Å². The molecule has 4 aromatic rings. The normalized spacial score (nSPS) is 14.9. The largest absolute Gasteiger partial charge is 0.494 e. The van der Waals surface area contributed by atoms with Gasteiger partial charge in [-0.15, -0.1) is 10.2 Å². The van der Waals surface area contributed by atoms with Crippen molar-refractivity contribution in [1.29, 1.82) is 0 Å². The minimum Gasteiger partial charge on any atom is -0.494 e. The van der Waals surface area contributed by atoms with Crippen LogP contribution in [0, 0.1) is 0 Å². The van der Waals surface area contributed by atoms with Crippen LogP contribution in [0.5, 0.6) is 11.5 Å². The lowest BCUT2D eigenvalue weighted by Crippen LogP contribution is -2.31. The molecule has 2 unspecified atom stereocenters. The standard InChI is InChI=1S/C25H29ClN8O4S/c1-14(23-27-12-16(26)13-28-23)15(2)39(35,36)33-25-32-31-24(21-17-8-5-6-9-18(17)29-30-21)34(25)22-19(37-3)10-7-11-20(22)38-4/h7,10-15H,5-6,8-9H2,1-4H3,(H,29,30)(H,32,33). The van der Waals surface area contributed by atoms with E-state index in [-0.39, 0.29) is 5.95 Å². The molecule has 0 aliphatic heterocycles. The van der Waals surface area contributed by atoms with Crippen LogP contribution in [0.3, 0.4) is 0 Å². The number of nitrogens with one attached hydrogen (secondary N) is 2. The van der Waals surface area contributed by atoms with E-state index in [1.54, 1.807) is 36.6 Å². The highest BCUT2D eigenvalue weighted by Gasteiger charge is 2.33. The first-order chi connectivity index (χ1) is 18.7. The number of para-hydroxylation sites is 1. The molecule has 206 valence electrons. The molecule has 0 bridgehead atoms. The minimum absolute atomic E-state index is 0.0311. The summed E-state index contributed by atoms with van der Waals surface area (Å²) >= 11 is 5.91. The molecular weight excluding hydrogens is 544 g/mol. The van der Waals surface area contributed by atoms with Crippen molar-refractivity contribution >= 4 is 27.6 Å². The Bertz CT molecular complexity index is 1560. The van der Waals surface area contributed by atoms with Gasteiger partial charge in [-0.05, 0) is 44.7 Å². The molecule has 2 N–H and O–H groups in total.